The summed E-state index contributed by atoms with van der Waals surface area (Å²) in [5.41, 5.74) is -0.157. The number of hydrogen-bond acceptors (Lipinski definition) is 4. The quantitative estimate of drug-likeness (QED) is 0.447. The molecule has 0 aromatic heterocycles. The highest BCUT2D eigenvalue weighted by Crippen LogP contribution is 2.46. The lowest BCUT2D eigenvalue weighted by Crippen LogP contribution is -2.40. The molecule has 26 heavy (non-hydrogen) atoms. The van der Waals surface area contributed by atoms with Crippen molar-refractivity contribution in [3.63, 3.8) is 0 Å². The Morgan fingerprint density at radius 1 is 1.38 bits per heavy atom. The molecule has 2 aromatic carbocycles. The molecule has 3 rings (SSSR count). The summed E-state index contributed by atoms with van der Waals surface area (Å²) in [6.45, 7) is -0.343. The third-order valence-electron chi connectivity index (χ3n) is 4.24. The molecule has 2 aromatic rings. The van der Waals surface area contributed by atoms with Gasteiger partial charge in [-0.2, -0.15) is 18.4 Å². The number of non-ortho nitro benzene ring substituents is 1. The molecule has 0 fully saturated rings. The van der Waals surface area contributed by atoms with Crippen LogP contribution in [0.15, 0.2) is 24.3 Å². The molecule has 6 nitrogen and oxygen atoms in total. The Hall–Kier alpha value is -2.86. The summed E-state index contributed by atoms with van der Waals surface area (Å²) in [5.74, 6) is -2.84. The number of nitriles is 1. The molecule has 0 saturated heterocycles. The minimum absolute atomic E-state index is 0.0850. The van der Waals surface area contributed by atoms with Crippen LogP contribution in [0.25, 0.3) is 10.8 Å². The van der Waals surface area contributed by atoms with E-state index in [1.54, 1.807) is 0 Å². The fraction of sp³-hybridized carbons (Fsp3) is 0.250. The number of anilines is 1. The van der Waals surface area contributed by atoms with Crippen LogP contribution in [0.5, 0.6) is 0 Å². The second kappa shape index (κ2) is 6.14. The number of fused-ring (bicyclic) bond motifs is 3. The first-order chi connectivity index (χ1) is 12.2. The van der Waals surface area contributed by atoms with Crippen LogP contribution in [0.4, 0.5) is 24.5 Å². The van der Waals surface area contributed by atoms with Gasteiger partial charge in [0, 0.05) is 24.4 Å². The van der Waals surface area contributed by atoms with Crippen LogP contribution in [0.2, 0.25) is 0 Å². The van der Waals surface area contributed by atoms with Crippen molar-refractivity contribution in [2.45, 2.75) is 12.1 Å². The maximum Gasteiger partial charge on any atom is 0.471 e. The average Bonchev–Trinajstić information content (AvgIpc) is 2.97. The number of alkyl halides is 4. The molecule has 0 spiro atoms. The molecule has 0 bridgehead atoms. The molecule has 1 atom stereocenters. The van der Waals surface area contributed by atoms with Crippen LogP contribution in [-0.4, -0.2) is 29.4 Å². The van der Waals surface area contributed by atoms with E-state index in [0.717, 1.165) is 6.07 Å². The second-order valence-corrected chi connectivity index (χ2v) is 6.03. The van der Waals surface area contributed by atoms with Gasteiger partial charge in [0.1, 0.15) is 0 Å². The summed E-state index contributed by atoms with van der Waals surface area (Å²) >= 11 is 5.88. The highest BCUT2D eigenvalue weighted by molar-refractivity contribution is 6.19. The molecule has 1 heterocycles. The summed E-state index contributed by atoms with van der Waals surface area (Å²) in [7, 11) is 0. The van der Waals surface area contributed by atoms with Gasteiger partial charge in [0.25, 0.3) is 5.69 Å². The van der Waals surface area contributed by atoms with E-state index in [-0.39, 0.29) is 34.4 Å². The van der Waals surface area contributed by atoms with Crippen molar-refractivity contribution in [1.29, 1.82) is 5.26 Å². The van der Waals surface area contributed by atoms with E-state index in [1.165, 1.54) is 18.2 Å². The van der Waals surface area contributed by atoms with E-state index >= 15 is 0 Å². The van der Waals surface area contributed by atoms with Gasteiger partial charge >= 0.3 is 12.1 Å². The topological polar surface area (TPSA) is 87.2 Å². The summed E-state index contributed by atoms with van der Waals surface area (Å²) in [4.78, 5) is 22.9. The third kappa shape index (κ3) is 2.72. The molecule has 1 aliphatic heterocycles. The van der Waals surface area contributed by atoms with Gasteiger partial charge in [0.15, 0.2) is 0 Å². The van der Waals surface area contributed by atoms with Crippen molar-refractivity contribution >= 4 is 39.7 Å². The number of nitro benzene ring substituents is 1. The molecular weight excluding hydrogens is 375 g/mol. The number of amides is 1. The average molecular weight is 384 g/mol. The number of nitrogens with zero attached hydrogens (tertiary/aromatic N) is 3. The van der Waals surface area contributed by atoms with E-state index in [4.69, 9.17) is 16.9 Å². The third-order valence-corrected chi connectivity index (χ3v) is 4.61. The Balaban J connectivity index is 2.37. The molecule has 10 heteroatoms. The maximum absolute atomic E-state index is 12.9. The number of hydrogen-bond donors (Lipinski definition) is 0. The Labute approximate surface area is 149 Å². The fourth-order valence-corrected chi connectivity index (χ4v) is 3.42. The number of benzene rings is 2. The van der Waals surface area contributed by atoms with Gasteiger partial charge in [-0.1, -0.05) is 0 Å². The summed E-state index contributed by atoms with van der Waals surface area (Å²) < 4.78 is 38.8. The zero-order valence-corrected chi connectivity index (χ0v) is 13.6. The van der Waals surface area contributed by atoms with Crippen molar-refractivity contribution < 1.29 is 22.9 Å². The largest absolute Gasteiger partial charge is 0.471 e. The lowest BCUT2D eigenvalue weighted by molar-refractivity contribution is -0.383. The van der Waals surface area contributed by atoms with E-state index in [2.05, 4.69) is 0 Å². The first-order valence-corrected chi connectivity index (χ1v) is 7.82. The summed E-state index contributed by atoms with van der Waals surface area (Å²) in [5, 5.41) is 20.9. The van der Waals surface area contributed by atoms with Crippen LogP contribution in [0, 0.1) is 21.4 Å². The van der Waals surface area contributed by atoms with Crippen molar-refractivity contribution in [3.05, 3.63) is 45.5 Å². The highest BCUT2D eigenvalue weighted by atomic mass is 35.5. The molecule has 134 valence electrons. The SMILES string of the molecule is N#Cc1ccc2c([N+](=O)[O-])cc3c(c2c1)C(CCl)CN3C(=O)C(F)(F)F. The molecule has 1 amide bonds. The number of rotatable bonds is 2. The predicted octanol–water partition coefficient (Wildman–Crippen LogP) is 3.85. The number of halogens is 4. The zero-order chi connectivity index (χ0) is 19.2. The Bertz CT molecular complexity index is 985. The van der Waals surface area contributed by atoms with Crippen LogP contribution in [-0.2, 0) is 4.79 Å². The lowest BCUT2D eigenvalue weighted by atomic mass is 9.94. The number of carbonyl (C=O) groups is 1. The van der Waals surface area contributed by atoms with Gasteiger partial charge in [-0.05, 0) is 29.1 Å². The highest BCUT2D eigenvalue weighted by Gasteiger charge is 2.47. The molecule has 1 aliphatic rings. The van der Waals surface area contributed by atoms with Crippen molar-refractivity contribution in [2.24, 2.45) is 0 Å². The van der Waals surface area contributed by atoms with Crippen molar-refractivity contribution in [3.8, 4) is 6.07 Å². The smallest absolute Gasteiger partial charge is 0.303 e. The summed E-state index contributed by atoms with van der Waals surface area (Å²) in [6.07, 6.45) is -5.13. The molecular formula is C16H9ClF3N3O3. The van der Waals surface area contributed by atoms with E-state index in [1.807, 2.05) is 6.07 Å². The van der Waals surface area contributed by atoms with Gasteiger partial charge in [0.2, 0.25) is 0 Å². The Kier molecular flexibility index (Phi) is 4.24. The standard InChI is InChI=1S/C16H9ClF3N3O3/c17-5-9-7-22(15(24)16(18,19)20)13-4-12(23(25)26)10-2-1-8(6-21)3-11(10)14(9)13/h1-4,9H,5,7H2. The normalized spacial score (nSPS) is 16.4. The van der Waals surface area contributed by atoms with E-state index in [9.17, 15) is 28.1 Å². The zero-order valence-electron chi connectivity index (χ0n) is 12.9. The molecule has 1 unspecified atom stereocenters. The van der Waals surface area contributed by atoms with Crippen molar-refractivity contribution in [2.75, 3.05) is 17.3 Å². The van der Waals surface area contributed by atoms with Crippen molar-refractivity contribution in [1.82, 2.24) is 0 Å². The number of carbonyl (C=O) groups excluding carboxylic acids is 1. The first kappa shape index (κ1) is 17.9. The molecule has 0 N–H and O–H groups in total. The minimum Gasteiger partial charge on any atom is -0.303 e. The molecule has 0 radical (unpaired) electrons. The van der Waals surface area contributed by atoms with Crippen LogP contribution in [0.3, 0.4) is 0 Å². The van der Waals surface area contributed by atoms with Crippen LogP contribution < -0.4 is 4.90 Å². The van der Waals surface area contributed by atoms with Crippen LogP contribution in [0.1, 0.15) is 17.0 Å². The minimum atomic E-state index is -5.13. The van der Waals surface area contributed by atoms with E-state index in [0.29, 0.717) is 10.5 Å². The monoisotopic (exact) mass is 383 g/mol. The molecule has 0 aliphatic carbocycles. The predicted molar refractivity (Wildman–Crippen MR) is 87.2 cm³/mol. The summed E-state index contributed by atoms with van der Waals surface area (Å²) in [6, 6.07) is 6.96. The van der Waals surface area contributed by atoms with Gasteiger partial charge in [-0.15, -0.1) is 11.6 Å². The van der Waals surface area contributed by atoms with Gasteiger partial charge in [-0.3, -0.25) is 14.9 Å². The second-order valence-electron chi connectivity index (χ2n) is 5.72. The van der Waals surface area contributed by atoms with E-state index < -0.39 is 28.6 Å². The Morgan fingerprint density at radius 2 is 2.08 bits per heavy atom. The maximum atomic E-state index is 12.9. The first-order valence-electron chi connectivity index (χ1n) is 7.28. The fourth-order valence-electron chi connectivity index (χ4n) is 3.17. The molecule has 0 saturated carbocycles. The van der Waals surface area contributed by atoms with Gasteiger partial charge in [-0.25, -0.2) is 0 Å². The van der Waals surface area contributed by atoms with Gasteiger partial charge < -0.3 is 4.90 Å². The van der Waals surface area contributed by atoms with Gasteiger partial charge in [0.05, 0.1) is 27.6 Å². The number of nitro groups is 1. The Morgan fingerprint density at radius 3 is 2.62 bits per heavy atom. The van der Waals surface area contributed by atoms with Crippen LogP contribution >= 0.6 is 11.6 Å². The lowest BCUT2D eigenvalue weighted by Gasteiger charge is -2.19.